The van der Waals surface area contributed by atoms with E-state index >= 15 is 0 Å². The van der Waals surface area contributed by atoms with E-state index < -0.39 is 0 Å². The van der Waals surface area contributed by atoms with Gasteiger partial charge in [-0.3, -0.25) is 0 Å². The number of rotatable bonds is 4. The van der Waals surface area contributed by atoms with E-state index in [4.69, 9.17) is 4.52 Å². The van der Waals surface area contributed by atoms with Gasteiger partial charge in [0.05, 0.1) is 14.6 Å². The van der Waals surface area contributed by atoms with Crippen molar-refractivity contribution < 1.29 is 4.52 Å². The Kier molecular flexibility index (Phi) is 3.92. The van der Waals surface area contributed by atoms with Crippen LogP contribution in [0.25, 0.3) is 22.2 Å². The van der Waals surface area contributed by atoms with Crippen molar-refractivity contribution in [3.05, 3.63) is 17.5 Å². The minimum absolute atomic E-state index is 0.547. The van der Waals surface area contributed by atoms with Crippen LogP contribution in [-0.4, -0.2) is 27.0 Å². The van der Waals surface area contributed by atoms with E-state index in [1.165, 1.54) is 11.5 Å². The highest BCUT2D eigenvalue weighted by molar-refractivity contribution is 8.01. The van der Waals surface area contributed by atoms with E-state index in [-0.39, 0.29) is 0 Å². The molecular weight excluding hydrogens is 318 g/mol. The topological polar surface area (TPSA) is 51.8 Å². The predicted octanol–water partition coefficient (Wildman–Crippen LogP) is 4.37. The van der Waals surface area contributed by atoms with Crippen molar-refractivity contribution in [3.63, 3.8) is 0 Å². The number of aromatic nitrogens is 3. The maximum atomic E-state index is 5.40. The van der Waals surface area contributed by atoms with Gasteiger partial charge in [-0.05, 0) is 35.5 Å². The Labute approximate surface area is 126 Å². The Bertz CT molecular complexity index is 652. The quantitative estimate of drug-likeness (QED) is 0.663. The first-order valence-corrected chi connectivity index (χ1v) is 9.39. The van der Waals surface area contributed by atoms with Crippen LogP contribution in [0.1, 0.15) is 0 Å². The van der Waals surface area contributed by atoms with Crippen LogP contribution >= 0.6 is 46.4 Å². The van der Waals surface area contributed by atoms with Crippen LogP contribution in [0.5, 0.6) is 0 Å². The molecule has 0 amide bonds. The van der Waals surface area contributed by atoms with Crippen molar-refractivity contribution >= 4 is 46.4 Å². The van der Waals surface area contributed by atoms with Gasteiger partial charge in [0.15, 0.2) is 0 Å². The van der Waals surface area contributed by atoms with Gasteiger partial charge in [-0.15, -0.1) is 34.9 Å². The Hall–Kier alpha value is -0.830. The number of thiophene rings is 1. The third kappa shape index (κ3) is 2.45. The lowest BCUT2D eigenvalue weighted by Gasteiger charge is -1.95. The maximum absolute atomic E-state index is 5.40. The summed E-state index contributed by atoms with van der Waals surface area (Å²) in [7, 11) is 0. The van der Waals surface area contributed by atoms with Crippen molar-refractivity contribution in [2.45, 2.75) is 9.24 Å². The van der Waals surface area contributed by atoms with E-state index in [1.807, 2.05) is 30.0 Å². The van der Waals surface area contributed by atoms with Gasteiger partial charge in [0.25, 0.3) is 5.89 Å². The van der Waals surface area contributed by atoms with Gasteiger partial charge < -0.3 is 4.52 Å². The second kappa shape index (κ2) is 5.66. The normalized spacial score (nSPS) is 11.1. The molecule has 8 heteroatoms. The lowest BCUT2D eigenvalue weighted by molar-refractivity contribution is 0.431. The van der Waals surface area contributed by atoms with Crippen molar-refractivity contribution in [2.75, 3.05) is 12.5 Å². The first kappa shape index (κ1) is 13.2. The molecule has 0 unspecified atom stereocenters. The SMILES string of the molecule is CSc1nsc(SC)c1-c1nc(-c2cccs2)no1. The Morgan fingerprint density at radius 3 is 2.84 bits per heavy atom. The molecule has 0 aromatic carbocycles. The molecular formula is C11H9N3OS4. The predicted molar refractivity (Wildman–Crippen MR) is 82.3 cm³/mol. The molecule has 0 spiro atoms. The van der Waals surface area contributed by atoms with Gasteiger partial charge in [0, 0.05) is 0 Å². The monoisotopic (exact) mass is 327 g/mol. The Morgan fingerprint density at radius 1 is 1.26 bits per heavy atom. The van der Waals surface area contributed by atoms with Crippen LogP contribution in [0.4, 0.5) is 0 Å². The van der Waals surface area contributed by atoms with E-state index in [0.29, 0.717) is 11.7 Å². The van der Waals surface area contributed by atoms with Gasteiger partial charge in [0.2, 0.25) is 5.82 Å². The van der Waals surface area contributed by atoms with Gasteiger partial charge >= 0.3 is 0 Å². The van der Waals surface area contributed by atoms with Crippen LogP contribution in [0, 0.1) is 0 Å². The summed E-state index contributed by atoms with van der Waals surface area (Å²) in [5, 5.41) is 6.99. The minimum atomic E-state index is 0.547. The fourth-order valence-electron chi connectivity index (χ4n) is 1.55. The summed E-state index contributed by atoms with van der Waals surface area (Å²) in [5.74, 6) is 1.18. The number of hydrogen-bond donors (Lipinski definition) is 0. The number of hydrogen-bond acceptors (Lipinski definition) is 8. The highest BCUT2D eigenvalue weighted by atomic mass is 32.2. The molecule has 0 N–H and O–H groups in total. The van der Waals surface area contributed by atoms with E-state index in [2.05, 4.69) is 14.5 Å². The molecule has 0 radical (unpaired) electrons. The zero-order valence-electron chi connectivity index (χ0n) is 10.1. The molecule has 0 aliphatic carbocycles. The molecule has 19 heavy (non-hydrogen) atoms. The van der Waals surface area contributed by atoms with Gasteiger partial charge in [-0.25, -0.2) is 0 Å². The van der Waals surface area contributed by atoms with Gasteiger partial charge in [-0.1, -0.05) is 11.2 Å². The zero-order chi connectivity index (χ0) is 13.2. The molecule has 0 aliphatic rings. The Balaban J connectivity index is 2.05. The second-order valence-corrected chi connectivity index (χ2v) is 7.05. The lowest BCUT2D eigenvalue weighted by atomic mass is 10.4. The van der Waals surface area contributed by atoms with Crippen LogP contribution in [0.3, 0.4) is 0 Å². The molecule has 3 aromatic rings. The van der Waals surface area contributed by atoms with Crippen LogP contribution in [0.15, 0.2) is 31.3 Å². The largest absolute Gasteiger partial charge is 0.333 e. The molecule has 0 bridgehead atoms. The summed E-state index contributed by atoms with van der Waals surface area (Å²) in [5.41, 5.74) is 0.959. The Morgan fingerprint density at radius 2 is 2.16 bits per heavy atom. The molecule has 0 fully saturated rings. The highest BCUT2D eigenvalue weighted by Gasteiger charge is 2.21. The average Bonchev–Trinajstić information content (AvgIpc) is 3.16. The smallest absolute Gasteiger partial charge is 0.263 e. The molecule has 3 heterocycles. The van der Waals surface area contributed by atoms with Crippen molar-refractivity contribution in [2.24, 2.45) is 0 Å². The van der Waals surface area contributed by atoms with Crippen LogP contribution in [-0.2, 0) is 0 Å². The summed E-state index contributed by atoms with van der Waals surface area (Å²) in [6, 6.07) is 3.96. The first-order chi connectivity index (χ1) is 9.33. The third-order valence-corrected chi connectivity index (χ3v) is 6.00. The molecule has 3 rings (SSSR count). The van der Waals surface area contributed by atoms with Gasteiger partial charge in [-0.2, -0.15) is 9.36 Å². The minimum Gasteiger partial charge on any atom is -0.333 e. The van der Waals surface area contributed by atoms with E-state index in [9.17, 15) is 0 Å². The fraction of sp³-hybridized carbons (Fsp3) is 0.182. The first-order valence-electron chi connectivity index (χ1n) is 5.29. The molecule has 0 atom stereocenters. The van der Waals surface area contributed by atoms with Crippen molar-refractivity contribution in [1.29, 1.82) is 0 Å². The second-order valence-electron chi connectivity index (χ2n) is 3.46. The molecule has 0 saturated carbocycles. The molecule has 0 saturated heterocycles. The maximum Gasteiger partial charge on any atom is 0.263 e. The summed E-state index contributed by atoms with van der Waals surface area (Å²) in [4.78, 5) is 5.49. The summed E-state index contributed by atoms with van der Waals surface area (Å²) < 4.78 is 10.9. The average molecular weight is 327 g/mol. The molecule has 98 valence electrons. The highest BCUT2D eigenvalue weighted by Crippen LogP contribution is 2.40. The third-order valence-electron chi connectivity index (χ3n) is 2.39. The fourth-order valence-corrected chi connectivity index (χ4v) is 4.46. The summed E-state index contributed by atoms with van der Waals surface area (Å²) in [6.45, 7) is 0. The van der Waals surface area contributed by atoms with Crippen molar-refractivity contribution in [1.82, 2.24) is 14.5 Å². The van der Waals surface area contributed by atoms with Crippen molar-refractivity contribution in [3.8, 4) is 22.2 Å². The van der Waals surface area contributed by atoms with E-state index in [1.54, 1.807) is 34.9 Å². The number of nitrogens with zero attached hydrogens (tertiary/aromatic N) is 3. The zero-order valence-corrected chi connectivity index (χ0v) is 13.4. The van der Waals surface area contributed by atoms with Crippen LogP contribution in [0.2, 0.25) is 0 Å². The van der Waals surface area contributed by atoms with E-state index in [0.717, 1.165) is 19.7 Å². The van der Waals surface area contributed by atoms with Crippen LogP contribution < -0.4 is 0 Å². The summed E-state index contributed by atoms with van der Waals surface area (Å²) in [6.07, 6.45) is 4.02. The summed E-state index contributed by atoms with van der Waals surface area (Å²) >= 11 is 6.31. The lowest BCUT2D eigenvalue weighted by Crippen LogP contribution is -1.81. The molecule has 3 aromatic heterocycles. The van der Waals surface area contributed by atoms with Gasteiger partial charge in [0.1, 0.15) is 5.03 Å². The molecule has 0 aliphatic heterocycles. The molecule has 4 nitrogen and oxygen atoms in total. The number of thioether (sulfide) groups is 2. The standard InChI is InChI=1S/C11H9N3OS4/c1-16-10-7(11(17-2)19-14-10)9-12-8(13-15-9)6-4-3-5-18-6/h3-5H,1-2H3.